The van der Waals surface area contributed by atoms with Crippen LogP contribution in [0.5, 0.6) is 0 Å². The van der Waals surface area contributed by atoms with Gasteiger partial charge in [-0.1, -0.05) is 17.5 Å². The smallest absolute Gasteiger partial charge is 0.201 e. The molecule has 8 heteroatoms. The number of aromatic nitrogens is 1. The molecule has 0 aliphatic carbocycles. The second-order valence-corrected chi connectivity index (χ2v) is 9.13. The molecule has 2 aliphatic rings. The maximum Gasteiger partial charge on any atom is 0.201 e. The quantitative estimate of drug-likeness (QED) is 0.562. The van der Waals surface area contributed by atoms with E-state index in [4.69, 9.17) is 21.7 Å². The first-order valence-corrected chi connectivity index (χ1v) is 10.6. The molecular formula is C19H19ClN4OS2. The van der Waals surface area contributed by atoms with E-state index < -0.39 is 5.54 Å². The fourth-order valence-corrected chi connectivity index (χ4v) is 6.24. The maximum atomic E-state index is 8.28. The molecule has 2 aromatic heterocycles. The summed E-state index contributed by atoms with van der Waals surface area (Å²) in [5.74, 6) is 6.32. The maximum absolute atomic E-state index is 8.28. The van der Waals surface area contributed by atoms with Crippen molar-refractivity contribution in [3.63, 3.8) is 0 Å². The number of rotatable bonds is 2. The zero-order valence-electron chi connectivity index (χ0n) is 15.0. The third kappa shape index (κ3) is 3.32. The number of fused-ring (bicyclic) bond motifs is 1. The van der Waals surface area contributed by atoms with Crippen LogP contribution in [0, 0.1) is 17.3 Å². The first-order chi connectivity index (χ1) is 13.0. The molecule has 4 rings (SSSR count). The summed E-state index contributed by atoms with van der Waals surface area (Å²) < 4.78 is 7.86. The number of hydrogen-bond acceptors (Lipinski definition) is 5. The number of thiophene rings is 1. The van der Waals surface area contributed by atoms with E-state index in [1.807, 2.05) is 32.3 Å². The van der Waals surface area contributed by atoms with E-state index in [2.05, 4.69) is 22.1 Å². The lowest BCUT2D eigenvalue weighted by molar-refractivity contribution is -0.00140. The van der Waals surface area contributed by atoms with E-state index in [0.29, 0.717) is 11.0 Å². The lowest BCUT2D eigenvalue weighted by Gasteiger charge is -2.49. The molecule has 2 unspecified atom stereocenters. The van der Waals surface area contributed by atoms with Crippen molar-refractivity contribution >= 4 is 40.8 Å². The largest absolute Gasteiger partial charge is 0.363 e. The average Bonchev–Trinajstić information content (AvgIpc) is 3.06. The number of guanidine groups is 1. The molecule has 2 N–H and O–H groups in total. The highest BCUT2D eigenvalue weighted by Gasteiger charge is 2.51. The van der Waals surface area contributed by atoms with Crippen LogP contribution >= 0.6 is 34.9 Å². The van der Waals surface area contributed by atoms with Gasteiger partial charge in [-0.3, -0.25) is 14.7 Å². The van der Waals surface area contributed by atoms with Crippen LogP contribution in [0.25, 0.3) is 10.4 Å². The Morgan fingerprint density at radius 3 is 3.11 bits per heavy atom. The van der Waals surface area contributed by atoms with Crippen molar-refractivity contribution in [1.29, 1.82) is 5.41 Å². The van der Waals surface area contributed by atoms with Gasteiger partial charge in [-0.25, -0.2) is 0 Å². The van der Waals surface area contributed by atoms with Gasteiger partial charge in [0, 0.05) is 42.1 Å². The number of halogens is 1. The Morgan fingerprint density at radius 2 is 2.30 bits per heavy atom. The molecule has 27 heavy (non-hydrogen) atoms. The first-order valence-electron chi connectivity index (χ1n) is 8.60. The average molecular weight is 419 g/mol. The van der Waals surface area contributed by atoms with E-state index in [-0.39, 0.29) is 5.44 Å². The zero-order valence-corrected chi connectivity index (χ0v) is 17.4. The molecule has 2 atom stereocenters. The lowest BCUT2D eigenvalue weighted by Crippen LogP contribution is -2.62. The molecule has 0 amide bonds. The first kappa shape index (κ1) is 18.6. The monoisotopic (exact) mass is 418 g/mol. The van der Waals surface area contributed by atoms with Crippen molar-refractivity contribution in [2.24, 2.45) is 0 Å². The predicted molar refractivity (Wildman–Crippen MR) is 112 cm³/mol. The molecule has 0 saturated carbocycles. The second kappa shape index (κ2) is 7.36. The molecule has 0 spiro atoms. The van der Waals surface area contributed by atoms with Gasteiger partial charge in [-0.05, 0) is 43.8 Å². The molecule has 0 radical (unpaired) electrons. The van der Waals surface area contributed by atoms with E-state index in [9.17, 15) is 0 Å². The highest BCUT2D eigenvalue weighted by molar-refractivity contribution is 7.98. The summed E-state index contributed by atoms with van der Waals surface area (Å²) in [5, 5.41) is 12.4. The molecule has 140 valence electrons. The van der Waals surface area contributed by atoms with Gasteiger partial charge in [-0.2, -0.15) is 0 Å². The topological polar surface area (TPSA) is 61.2 Å². The molecule has 2 aliphatic heterocycles. The number of ether oxygens (including phenoxy) is 1. The van der Waals surface area contributed by atoms with E-state index in [1.165, 1.54) is 11.9 Å². The van der Waals surface area contributed by atoms with Crippen molar-refractivity contribution < 1.29 is 4.74 Å². The van der Waals surface area contributed by atoms with Crippen molar-refractivity contribution in [1.82, 2.24) is 14.6 Å². The van der Waals surface area contributed by atoms with Crippen LogP contribution in [0.15, 0.2) is 24.5 Å². The summed E-state index contributed by atoms with van der Waals surface area (Å²) in [6.07, 6.45) is 5.39. The fraction of sp³-hybridized carbons (Fsp3) is 0.368. The normalized spacial score (nSPS) is 24.6. The Balaban J connectivity index is 1.77. The van der Waals surface area contributed by atoms with Gasteiger partial charge in [0.25, 0.3) is 0 Å². The van der Waals surface area contributed by atoms with Gasteiger partial charge in [0.1, 0.15) is 5.54 Å². The molecule has 4 heterocycles. The summed E-state index contributed by atoms with van der Waals surface area (Å²) in [5.41, 5.74) is 1.27. The van der Waals surface area contributed by atoms with Gasteiger partial charge in [0.05, 0.1) is 9.90 Å². The van der Waals surface area contributed by atoms with Gasteiger partial charge >= 0.3 is 0 Å². The Kier molecular flexibility index (Phi) is 5.08. The zero-order chi connectivity index (χ0) is 19.0. The van der Waals surface area contributed by atoms with Crippen molar-refractivity contribution in [2.45, 2.75) is 30.7 Å². The third-order valence-corrected chi connectivity index (χ3v) is 7.68. The van der Waals surface area contributed by atoms with Crippen molar-refractivity contribution in [3.05, 3.63) is 40.0 Å². The molecule has 0 aromatic carbocycles. The number of nitrogens with one attached hydrogen (secondary N) is 2. The lowest BCUT2D eigenvalue weighted by atomic mass is 9.90. The molecule has 2 aromatic rings. The van der Waals surface area contributed by atoms with Crippen LogP contribution in [0.4, 0.5) is 0 Å². The highest BCUT2D eigenvalue weighted by atomic mass is 35.5. The predicted octanol–water partition coefficient (Wildman–Crippen LogP) is 4.28. The van der Waals surface area contributed by atoms with Gasteiger partial charge in [0.15, 0.2) is 5.44 Å². The fourth-order valence-electron chi connectivity index (χ4n) is 3.41. The van der Waals surface area contributed by atoms with Crippen LogP contribution in [0.1, 0.15) is 30.2 Å². The molecule has 2 saturated heterocycles. The minimum absolute atomic E-state index is 0.121. The van der Waals surface area contributed by atoms with Gasteiger partial charge in [0.2, 0.25) is 5.96 Å². The minimum Gasteiger partial charge on any atom is -0.363 e. The SMILES string of the molecule is CC#Cc1cncc(-c2cc(Cl)c(C34CCCOC3SN(C)C(=N)N4)s2)c1. The van der Waals surface area contributed by atoms with Crippen LogP contribution in [0.2, 0.25) is 5.02 Å². The standard InChI is InChI=1S/C19H19ClN4OS2/c1-3-5-12-8-13(11-22-10-12)15-9-14(20)16(26-15)19-6-4-7-25-17(19)27-24(2)18(21)23-19/h8-11,17H,4,6-7H2,1-2H3,(H2,21,23). The van der Waals surface area contributed by atoms with Crippen LogP contribution in [-0.2, 0) is 10.3 Å². The van der Waals surface area contributed by atoms with Crippen molar-refractivity contribution in [2.75, 3.05) is 13.7 Å². The van der Waals surface area contributed by atoms with Crippen LogP contribution < -0.4 is 5.32 Å². The molecular weight excluding hydrogens is 400 g/mol. The molecule has 0 bridgehead atoms. The van der Waals surface area contributed by atoms with Crippen LogP contribution in [0.3, 0.4) is 0 Å². The Labute approximate surface area is 172 Å². The summed E-state index contributed by atoms with van der Waals surface area (Å²) in [6.45, 7) is 2.54. The summed E-state index contributed by atoms with van der Waals surface area (Å²) >= 11 is 9.87. The van der Waals surface area contributed by atoms with E-state index in [0.717, 1.165) is 40.3 Å². The van der Waals surface area contributed by atoms with Gasteiger partial charge < -0.3 is 10.1 Å². The minimum atomic E-state index is -0.485. The Morgan fingerprint density at radius 1 is 1.44 bits per heavy atom. The molecule has 5 nitrogen and oxygen atoms in total. The summed E-state index contributed by atoms with van der Waals surface area (Å²) in [6, 6.07) is 4.01. The summed E-state index contributed by atoms with van der Waals surface area (Å²) in [7, 11) is 1.87. The number of hydrogen-bond donors (Lipinski definition) is 2. The van der Waals surface area contributed by atoms with E-state index >= 15 is 0 Å². The Bertz CT molecular complexity index is 951. The van der Waals surface area contributed by atoms with E-state index in [1.54, 1.807) is 21.8 Å². The third-order valence-electron chi connectivity index (χ3n) is 4.68. The second-order valence-electron chi connectivity index (χ2n) is 6.48. The molecule has 2 fully saturated rings. The van der Waals surface area contributed by atoms with Crippen LogP contribution in [-0.4, -0.2) is 34.3 Å². The number of nitrogens with zero attached hydrogens (tertiary/aromatic N) is 2. The van der Waals surface area contributed by atoms with Gasteiger partial charge in [-0.15, -0.1) is 17.3 Å². The highest BCUT2D eigenvalue weighted by Crippen LogP contribution is 2.50. The van der Waals surface area contributed by atoms with Crippen molar-refractivity contribution in [3.8, 4) is 22.3 Å². The Hall–Kier alpha value is -1.72. The number of pyridine rings is 1. The summed E-state index contributed by atoms with van der Waals surface area (Å²) in [4.78, 5) is 6.36.